The van der Waals surface area contributed by atoms with Crippen LogP contribution in [0.2, 0.25) is 5.02 Å². The predicted molar refractivity (Wildman–Crippen MR) is 118 cm³/mol. The van der Waals surface area contributed by atoms with Crippen LogP contribution in [0, 0.1) is 0 Å². The topological polar surface area (TPSA) is 68.9 Å². The molecule has 1 amide bonds. The summed E-state index contributed by atoms with van der Waals surface area (Å²) < 4.78 is 41.8. The van der Waals surface area contributed by atoms with Crippen molar-refractivity contribution < 1.29 is 18.0 Å². The molecule has 0 saturated heterocycles. The zero-order chi connectivity index (χ0) is 23.9. The van der Waals surface area contributed by atoms with Gasteiger partial charge >= 0.3 is 11.9 Å². The van der Waals surface area contributed by atoms with Crippen molar-refractivity contribution in [2.24, 2.45) is 0 Å². The minimum Gasteiger partial charge on any atom is -0.348 e. The largest absolute Gasteiger partial charge is 0.416 e. The number of rotatable bonds is 6. The molecule has 0 aliphatic heterocycles. The van der Waals surface area contributed by atoms with Crippen LogP contribution in [-0.2, 0) is 11.0 Å². The van der Waals surface area contributed by atoms with Crippen LogP contribution in [0.25, 0.3) is 11.4 Å². The molecule has 1 saturated carbocycles. The minimum atomic E-state index is -4.48. The van der Waals surface area contributed by atoms with Gasteiger partial charge in [0.1, 0.15) is 6.04 Å². The molecule has 0 spiro atoms. The number of carbonyl (C=O) groups is 1. The first kappa shape index (κ1) is 23.1. The summed E-state index contributed by atoms with van der Waals surface area (Å²) in [6, 6.07) is 10.1. The molecule has 1 heterocycles. The molecule has 3 aromatic rings. The van der Waals surface area contributed by atoms with Crippen LogP contribution < -0.4 is 11.0 Å². The minimum absolute atomic E-state index is 0.0243. The first-order valence-corrected chi connectivity index (χ1v) is 10.9. The zero-order valence-electron chi connectivity index (χ0n) is 17.9. The maximum atomic E-state index is 13.1. The van der Waals surface area contributed by atoms with Gasteiger partial charge in [-0.3, -0.25) is 9.36 Å². The summed E-state index contributed by atoms with van der Waals surface area (Å²) in [5.74, 6) is -0.0742. The second-order valence-corrected chi connectivity index (χ2v) is 8.62. The van der Waals surface area contributed by atoms with E-state index in [-0.39, 0.29) is 6.04 Å². The smallest absolute Gasteiger partial charge is 0.348 e. The van der Waals surface area contributed by atoms with E-state index in [0.717, 1.165) is 29.7 Å². The fourth-order valence-electron chi connectivity index (χ4n) is 3.62. The molecule has 0 bridgehead atoms. The van der Waals surface area contributed by atoms with Gasteiger partial charge in [-0.05, 0) is 68.7 Å². The highest BCUT2D eigenvalue weighted by atomic mass is 35.5. The summed E-state index contributed by atoms with van der Waals surface area (Å²) in [7, 11) is 0. The second kappa shape index (κ2) is 8.70. The SMILES string of the molecule is CC(NC(=O)C(C)n1nc(-c2ccc(Cl)cc2)n(C2CC2)c1=O)c1cccc(C(F)(F)F)c1. The van der Waals surface area contributed by atoms with Crippen molar-refractivity contribution in [1.29, 1.82) is 0 Å². The lowest BCUT2D eigenvalue weighted by atomic mass is 10.0. The van der Waals surface area contributed by atoms with Gasteiger partial charge in [0.15, 0.2) is 5.82 Å². The predicted octanol–water partition coefficient (Wildman–Crippen LogP) is 5.16. The lowest BCUT2D eigenvalue weighted by Crippen LogP contribution is -2.38. The quantitative estimate of drug-likeness (QED) is 0.532. The number of amides is 1. The molecule has 33 heavy (non-hydrogen) atoms. The molecule has 1 fully saturated rings. The van der Waals surface area contributed by atoms with E-state index in [2.05, 4.69) is 10.4 Å². The van der Waals surface area contributed by atoms with E-state index in [9.17, 15) is 22.8 Å². The number of aromatic nitrogens is 3. The molecular weight excluding hydrogens is 457 g/mol. The van der Waals surface area contributed by atoms with E-state index < -0.39 is 35.4 Å². The Balaban J connectivity index is 1.58. The van der Waals surface area contributed by atoms with E-state index in [0.29, 0.717) is 22.0 Å². The molecule has 6 nitrogen and oxygen atoms in total. The van der Waals surface area contributed by atoms with Crippen molar-refractivity contribution >= 4 is 17.5 Å². The fourth-order valence-corrected chi connectivity index (χ4v) is 3.74. The maximum Gasteiger partial charge on any atom is 0.416 e. The van der Waals surface area contributed by atoms with E-state index in [4.69, 9.17) is 11.6 Å². The Morgan fingerprint density at radius 3 is 2.42 bits per heavy atom. The molecule has 1 aliphatic rings. The van der Waals surface area contributed by atoms with Crippen molar-refractivity contribution in [3.63, 3.8) is 0 Å². The van der Waals surface area contributed by atoms with Crippen LogP contribution in [0.5, 0.6) is 0 Å². The molecule has 4 rings (SSSR count). The van der Waals surface area contributed by atoms with E-state index in [1.54, 1.807) is 35.8 Å². The Kier molecular flexibility index (Phi) is 6.09. The second-order valence-electron chi connectivity index (χ2n) is 8.19. The maximum absolute atomic E-state index is 13.1. The summed E-state index contributed by atoms with van der Waals surface area (Å²) in [6.45, 7) is 3.12. The molecule has 1 aliphatic carbocycles. The monoisotopic (exact) mass is 478 g/mol. The lowest BCUT2D eigenvalue weighted by molar-refractivity contribution is -0.137. The Morgan fingerprint density at radius 1 is 1.15 bits per heavy atom. The normalized spacial score (nSPS) is 15.8. The average Bonchev–Trinajstić information content (AvgIpc) is 3.55. The van der Waals surface area contributed by atoms with Gasteiger partial charge in [0.2, 0.25) is 5.91 Å². The van der Waals surface area contributed by atoms with Crippen LogP contribution in [0.15, 0.2) is 53.3 Å². The number of benzene rings is 2. The Hall–Kier alpha value is -3.07. The van der Waals surface area contributed by atoms with Crippen LogP contribution in [-0.4, -0.2) is 20.3 Å². The highest BCUT2D eigenvalue weighted by Crippen LogP contribution is 2.37. The number of nitrogens with one attached hydrogen (secondary N) is 1. The lowest BCUT2D eigenvalue weighted by Gasteiger charge is -2.18. The Labute approximate surface area is 193 Å². The van der Waals surface area contributed by atoms with Crippen molar-refractivity contribution in [2.45, 2.75) is 51.0 Å². The third kappa shape index (κ3) is 4.83. The van der Waals surface area contributed by atoms with Gasteiger partial charge in [0.05, 0.1) is 11.6 Å². The van der Waals surface area contributed by atoms with Crippen LogP contribution >= 0.6 is 11.6 Å². The average molecular weight is 479 g/mol. The summed E-state index contributed by atoms with van der Waals surface area (Å²) >= 11 is 5.97. The molecule has 1 aromatic heterocycles. The van der Waals surface area contributed by atoms with Crippen LogP contribution in [0.3, 0.4) is 0 Å². The molecule has 174 valence electrons. The van der Waals surface area contributed by atoms with Crippen molar-refractivity contribution in [3.05, 3.63) is 75.2 Å². The Bertz CT molecular complexity index is 1230. The third-order valence-electron chi connectivity index (χ3n) is 5.67. The molecule has 2 unspecified atom stereocenters. The van der Waals surface area contributed by atoms with Gasteiger partial charge in [-0.2, -0.15) is 13.2 Å². The molecule has 1 N–H and O–H groups in total. The van der Waals surface area contributed by atoms with Gasteiger partial charge in [-0.25, -0.2) is 9.48 Å². The standard InChI is InChI=1S/C23H22ClF3N4O2/c1-13(16-4-3-5-17(12-16)23(25,26)27)28-21(32)14(2)31-22(33)30(19-10-11-19)20(29-31)15-6-8-18(24)9-7-15/h3-9,12-14,19H,10-11H2,1-2H3,(H,28,32). The fraction of sp³-hybridized carbons (Fsp3) is 0.348. The highest BCUT2D eigenvalue weighted by molar-refractivity contribution is 6.30. The van der Waals surface area contributed by atoms with Gasteiger partial charge in [0, 0.05) is 16.6 Å². The summed E-state index contributed by atoms with van der Waals surface area (Å²) in [4.78, 5) is 26.0. The van der Waals surface area contributed by atoms with Gasteiger partial charge in [0.25, 0.3) is 0 Å². The molecule has 10 heteroatoms. The highest BCUT2D eigenvalue weighted by Gasteiger charge is 2.33. The van der Waals surface area contributed by atoms with Crippen LogP contribution in [0.4, 0.5) is 13.2 Å². The number of alkyl halides is 3. The van der Waals surface area contributed by atoms with Crippen LogP contribution in [0.1, 0.15) is 55.9 Å². The summed E-state index contributed by atoms with van der Waals surface area (Å²) in [6.07, 6.45) is -2.78. The number of nitrogens with zero attached hydrogens (tertiary/aromatic N) is 3. The molecule has 2 atom stereocenters. The van der Waals surface area contributed by atoms with Gasteiger partial charge in [-0.15, -0.1) is 5.10 Å². The van der Waals surface area contributed by atoms with Gasteiger partial charge in [-0.1, -0.05) is 23.7 Å². The van der Waals surface area contributed by atoms with E-state index in [1.165, 1.54) is 19.1 Å². The van der Waals surface area contributed by atoms with Crippen molar-refractivity contribution in [2.75, 3.05) is 0 Å². The van der Waals surface area contributed by atoms with Crippen molar-refractivity contribution in [1.82, 2.24) is 19.7 Å². The molecular formula is C23H22ClF3N4O2. The number of hydrogen-bond acceptors (Lipinski definition) is 3. The Morgan fingerprint density at radius 2 is 1.82 bits per heavy atom. The zero-order valence-corrected chi connectivity index (χ0v) is 18.7. The van der Waals surface area contributed by atoms with Crippen molar-refractivity contribution in [3.8, 4) is 11.4 Å². The third-order valence-corrected chi connectivity index (χ3v) is 5.92. The van der Waals surface area contributed by atoms with E-state index >= 15 is 0 Å². The van der Waals surface area contributed by atoms with E-state index in [1.807, 2.05) is 0 Å². The molecule has 0 radical (unpaired) electrons. The first-order valence-electron chi connectivity index (χ1n) is 10.5. The summed E-state index contributed by atoms with van der Waals surface area (Å²) in [5.41, 5.74) is -0.187. The first-order chi connectivity index (χ1) is 15.6. The number of hydrogen-bond donors (Lipinski definition) is 1. The number of carbonyl (C=O) groups excluding carboxylic acids is 1. The van der Waals surface area contributed by atoms with Gasteiger partial charge < -0.3 is 5.32 Å². The summed E-state index contributed by atoms with van der Waals surface area (Å²) in [5, 5.41) is 7.67. The molecule has 2 aromatic carbocycles. The number of halogens is 4.